The fourth-order valence-electron chi connectivity index (χ4n) is 1.34. The number of carbonyl (C=O) groups is 1. The number of rotatable bonds is 3. The van der Waals surface area contributed by atoms with Crippen LogP contribution in [0.3, 0.4) is 0 Å². The molecule has 2 rings (SSSR count). The number of nitrogens with zero attached hydrogens (tertiary/aromatic N) is 2. The first-order chi connectivity index (χ1) is 7.16. The summed E-state index contributed by atoms with van der Waals surface area (Å²) in [6, 6.07) is 2.06. The molecule has 78 valence electrons. The van der Waals surface area contributed by atoms with Gasteiger partial charge in [-0.2, -0.15) is 5.26 Å². The van der Waals surface area contributed by atoms with Crippen LogP contribution in [0.1, 0.15) is 23.5 Å². The Balaban J connectivity index is 1.89. The lowest BCUT2D eigenvalue weighted by Crippen LogP contribution is -2.30. The molecule has 1 aromatic rings. The maximum absolute atomic E-state index is 11.6. The third-order valence-electron chi connectivity index (χ3n) is 2.50. The van der Waals surface area contributed by atoms with Crippen LogP contribution in [0.5, 0.6) is 0 Å². The fourth-order valence-corrected chi connectivity index (χ4v) is 1.96. The third kappa shape index (κ3) is 2.00. The van der Waals surface area contributed by atoms with Gasteiger partial charge < -0.3 is 5.32 Å². The number of thiazole rings is 1. The van der Waals surface area contributed by atoms with E-state index in [0.717, 1.165) is 10.7 Å². The Morgan fingerprint density at radius 1 is 1.80 bits per heavy atom. The van der Waals surface area contributed by atoms with Gasteiger partial charge in [0.15, 0.2) is 0 Å². The lowest BCUT2D eigenvalue weighted by molar-refractivity contribution is -0.124. The van der Waals surface area contributed by atoms with E-state index in [2.05, 4.69) is 16.4 Å². The van der Waals surface area contributed by atoms with Crippen LogP contribution in [0.2, 0.25) is 0 Å². The Kier molecular flexibility index (Phi) is 2.45. The molecule has 0 aromatic carbocycles. The first-order valence-corrected chi connectivity index (χ1v) is 5.65. The van der Waals surface area contributed by atoms with Crippen LogP contribution in [-0.2, 0) is 11.3 Å². The summed E-state index contributed by atoms with van der Waals surface area (Å²) >= 11 is 1.56. The summed E-state index contributed by atoms with van der Waals surface area (Å²) in [5.74, 6) is -0.157. The number of aromatic nitrogens is 1. The van der Waals surface area contributed by atoms with Gasteiger partial charge in [0, 0.05) is 5.38 Å². The second-order valence-corrected chi connectivity index (χ2v) is 4.80. The minimum atomic E-state index is -0.731. The van der Waals surface area contributed by atoms with Crippen molar-refractivity contribution >= 4 is 17.2 Å². The van der Waals surface area contributed by atoms with E-state index in [1.54, 1.807) is 11.3 Å². The molecule has 0 unspecified atom stereocenters. The molecule has 1 heterocycles. The Hall–Kier alpha value is -1.41. The quantitative estimate of drug-likeness (QED) is 0.838. The largest absolute Gasteiger partial charge is 0.349 e. The second kappa shape index (κ2) is 3.63. The number of aryl methyl sites for hydroxylation is 1. The van der Waals surface area contributed by atoms with Gasteiger partial charge in [-0.15, -0.1) is 11.3 Å². The van der Waals surface area contributed by atoms with Gasteiger partial charge in [0.25, 0.3) is 0 Å². The van der Waals surface area contributed by atoms with Gasteiger partial charge in [0.2, 0.25) is 5.91 Å². The molecule has 4 nitrogen and oxygen atoms in total. The number of amides is 1. The molecule has 5 heteroatoms. The Morgan fingerprint density at radius 2 is 2.53 bits per heavy atom. The van der Waals surface area contributed by atoms with Gasteiger partial charge in [-0.1, -0.05) is 0 Å². The Morgan fingerprint density at radius 3 is 3.00 bits per heavy atom. The summed E-state index contributed by atoms with van der Waals surface area (Å²) in [4.78, 5) is 15.8. The summed E-state index contributed by atoms with van der Waals surface area (Å²) in [5, 5.41) is 14.5. The van der Waals surface area contributed by atoms with Crippen molar-refractivity contribution in [3.8, 4) is 6.07 Å². The van der Waals surface area contributed by atoms with E-state index in [0.29, 0.717) is 19.4 Å². The predicted octanol–water partition coefficient (Wildman–Crippen LogP) is 1.37. The van der Waals surface area contributed by atoms with Crippen LogP contribution in [0.4, 0.5) is 0 Å². The minimum Gasteiger partial charge on any atom is -0.349 e. The van der Waals surface area contributed by atoms with Crippen molar-refractivity contribution in [1.82, 2.24) is 10.3 Å². The van der Waals surface area contributed by atoms with Crippen molar-refractivity contribution in [1.29, 1.82) is 5.26 Å². The molecular formula is C10H11N3OS. The number of carbonyl (C=O) groups excluding carboxylic acids is 1. The van der Waals surface area contributed by atoms with Gasteiger partial charge in [0.1, 0.15) is 5.41 Å². The number of nitrogens with one attached hydrogen (secondary N) is 1. The van der Waals surface area contributed by atoms with Crippen molar-refractivity contribution in [3.63, 3.8) is 0 Å². The Bertz CT molecular complexity index is 428. The summed E-state index contributed by atoms with van der Waals surface area (Å²) < 4.78 is 0. The van der Waals surface area contributed by atoms with E-state index in [-0.39, 0.29) is 5.91 Å². The summed E-state index contributed by atoms with van der Waals surface area (Å²) in [5.41, 5.74) is 0.130. The van der Waals surface area contributed by atoms with Gasteiger partial charge in [-0.05, 0) is 19.8 Å². The molecule has 1 N–H and O–H groups in total. The highest BCUT2D eigenvalue weighted by atomic mass is 32.1. The highest BCUT2D eigenvalue weighted by Gasteiger charge is 2.50. The van der Waals surface area contributed by atoms with E-state index in [4.69, 9.17) is 5.26 Å². The fraction of sp³-hybridized carbons (Fsp3) is 0.500. The van der Waals surface area contributed by atoms with Crippen LogP contribution in [0, 0.1) is 23.7 Å². The van der Waals surface area contributed by atoms with Gasteiger partial charge >= 0.3 is 0 Å². The lowest BCUT2D eigenvalue weighted by Gasteiger charge is -2.05. The average molecular weight is 221 g/mol. The van der Waals surface area contributed by atoms with Crippen LogP contribution in [0.15, 0.2) is 5.38 Å². The molecule has 0 bridgehead atoms. The zero-order valence-corrected chi connectivity index (χ0v) is 9.23. The summed E-state index contributed by atoms with van der Waals surface area (Å²) in [6.07, 6.45) is 1.37. The predicted molar refractivity (Wildman–Crippen MR) is 56.0 cm³/mol. The standard InChI is InChI=1S/C10H11N3OS/c1-7-13-8(5-15-7)4-12-9(14)10(6-11)2-3-10/h5H,2-4H2,1H3,(H,12,14). The zero-order chi connectivity index (χ0) is 10.9. The van der Waals surface area contributed by atoms with Crippen LogP contribution in [-0.4, -0.2) is 10.9 Å². The van der Waals surface area contributed by atoms with Gasteiger partial charge in [0.05, 0.1) is 23.3 Å². The number of hydrogen-bond donors (Lipinski definition) is 1. The van der Waals surface area contributed by atoms with E-state index in [9.17, 15) is 4.79 Å². The van der Waals surface area contributed by atoms with Crippen LogP contribution >= 0.6 is 11.3 Å². The molecule has 0 atom stereocenters. The van der Waals surface area contributed by atoms with E-state index in [1.165, 1.54) is 0 Å². The molecular weight excluding hydrogens is 210 g/mol. The minimum absolute atomic E-state index is 0.157. The van der Waals surface area contributed by atoms with Gasteiger partial charge in [-0.3, -0.25) is 4.79 Å². The van der Waals surface area contributed by atoms with E-state index < -0.39 is 5.41 Å². The summed E-state index contributed by atoms with van der Waals surface area (Å²) in [6.45, 7) is 2.35. The van der Waals surface area contributed by atoms with Crippen molar-refractivity contribution in [2.24, 2.45) is 5.41 Å². The molecule has 0 radical (unpaired) electrons. The maximum Gasteiger partial charge on any atom is 0.240 e. The second-order valence-electron chi connectivity index (χ2n) is 3.73. The van der Waals surface area contributed by atoms with Crippen molar-refractivity contribution < 1.29 is 4.79 Å². The van der Waals surface area contributed by atoms with Crippen molar-refractivity contribution in [2.75, 3.05) is 0 Å². The maximum atomic E-state index is 11.6. The molecule has 0 spiro atoms. The van der Waals surface area contributed by atoms with Crippen molar-refractivity contribution in [2.45, 2.75) is 26.3 Å². The number of nitriles is 1. The normalized spacial score (nSPS) is 16.8. The SMILES string of the molecule is Cc1nc(CNC(=O)C2(C#N)CC2)cs1. The molecule has 0 aliphatic heterocycles. The number of hydrogen-bond acceptors (Lipinski definition) is 4. The topological polar surface area (TPSA) is 65.8 Å². The van der Waals surface area contributed by atoms with Crippen LogP contribution < -0.4 is 5.32 Å². The zero-order valence-electron chi connectivity index (χ0n) is 8.41. The monoisotopic (exact) mass is 221 g/mol. The molecule has 1 aliphatic carbocycles. The average Bonchev–Trinajstić information content (AvgIpc) is 2.93. The van der Waals surface area contributed by atoms with Crippen molar-refractivity contribution in [3.05, 3.63) is 16.1 Å². The van der Waals surface area contributed by atoms with E-state index >= 15 is 0 Å². The van der Waals surface area contributed by atoms with E-state index in [1.807, 2.05) is 12.3 Å². The highest BCUT2D eigenvalue weighted by Crippen LogP contribution is 2.44. The highest BCUT2D eigenvalue weighted by molar-refractivity contribution is 7.09. The first kappa shape index (κ1) is 10.1. The smallest absolute Gasteiger partial charge is 0.240 e. The molecule has 15 heavy (non-hydrogen) atoms. The molecule has 1 aromatic heterocycles. The molecule has 1 saturated carbocycles. The van der Waals surface area contributed by atoms with Gasteiger partial charge in [-0.25, -0.2) is 4.98 Å². The molecule has 1 amide bonds. The molecule has 1 aliphatic rings. The lowest BCUT2D eigenvalue weighted by atomic mass is 10.1. The molecule has 1 fully saturated rings. The van der Waals surface area contributed by atoms with Crippen LogP contribution in [0.25, 0.3) is 0 Å². The summed E-state index contributed by atoms with van der Waals surface area (Å²) in [7, 11) is 0. The third-order valence-corrected chi connectivity index (χ3v) is 3.32. The Labute approximate surface area is 91.9 Å². The first-order valence-electron chi connectivity index (χ1n) is 4.77. The molecule has 0 saturated heterocycles.